The molecule has 0 saturated carbocycles. The Morgan fingerprint density at radius 1 is 0.962 bits per heavy atom. The molecule has 26 heavy (non-hydrogen) atoms. The van der Waals surface area contributed by atoms with Crippen molar-refractivity contribution in [1.82, 2.24) is 9.88 Å². The SMILES string of the molecule is CCOC(=O)c1nc(CN(Cc2ccccc2)Cc2ccccc2)cs1. The van der Waals surface area contributed by atoms with Crippen LogP contribution in [0.4, 0.5) is 0 Å². The molecule has 0 radical (unpaired) electrons. The van der Waals surface area contributed by atoms with Gasteiger partial charge in [0.15, 0.2) is 0 Å². The Morgan fingerprint density at radius 2 is 1.54 bits per heavy atom. The molecular weight excluding hydrogens is 344 g/mol. The Bertz CT molecular complexity index is 777. The molecule has 5 heteroatoms. The highest BCUT2D eigenvalue weighted by molar-refractivity contribution is 7.11. The molecule has 0 amide bonds. The first kappa shape index (κ1) is 18.3. The summed E-state index contributed by atoms with van der Waals surface area (Å²) in [5, 5.41) is 2.36. The summed E-state index contributed by atoms with van der Waals surface area (Å²) in [6, 6.07) is 20.8. The van der Waals surface area contributed by atoms with Crippen LogP contribution in [0, 0.1) is 0 Å². The summed E-state index contributed by atoms with van der Waals surface area (Å²) in [4.78, 5) is 18.6. The number of aromatic nitrogens is 1. The zero-order valence-corrected chi connectivity index (χ0v) is 15.6. The first-order valence-corrected chi connectivity index (χ1v) is 9.54. The minimum absolute atomic E-state index is 0.346. The van der Waals surface area contributed by atoms with Gasteiger partial charge >= 0.3 is 5.97 Å². The third-order valence-corrected chi connectivity index (χ3v) is 4.76. The molecule has 0 spiro atoms. The van der Waals surface area contributed by atoms with Crippen LogP contribution in [0.15, 0.2) is 66.0 Å². The molecule has 3 rings (SSSR count). The topological polar surface area (TPSA) is 42.4 Å². The summed E-state index contributed by atoms with van der Waals surface area (Å²) >= 11 is 1.34. The van der Waals surface area contributed by atoms with Gasteiger partial charge in [0.25, 0.3) is 0 Å². The summed E-state index contributed by atoms with van der Waals surface area (Å²) in [7, 11) is 0. The van der Waals surface area contributed by atoms with Crippen LogP contribution in [-0.4, -0.2) is 22.5 Å². The molecule has 0 atom stereocenters. The molecule has 1 heterocycles. The molecule has 0 unspecified atom stereocenters. The highest BCUT2D eigenvalue weighted by Gasteiger charge is 2.15. The van der Waals surface area contributed by atoms with Crippen molar-refractivity contribution >= 4 is 17.3 Å². The number of carbonyl (C=O) groups is 1. The van der Waals surface area contributed by atoms with E-state index in [9.17, 15) is 4.79 Å². The Balaban J connectivity index is 1.73. The third-order valence-electron chi connectivity index (χ3n) is 3.89. The highest BCUT2D eigenvalue weighted by Crippen LogP contribution is 2.17. The zero-order chi connectivity index (χ0) is 18.2. The monoisotopic (exact) mass is 366 g/mol. The summed E-state index contributed by atoms with van der Waals surface area (Å²) in [6.45, 7) is 4.49. The number of hydrogen-bond acceptors (Lipinski definition) is 5. The van der Waals surface area contributed by atoms with Crippen molar-refractivity contribution in [3.05, 3.63) is 87.9 Å². The first-order valence-electron chi connectivity index (χ1n) is 8.66. The number of benzene rings is 2. The standard InChI is InChI=1S/C21H22N2O2S/c1-2-25-21(24)20-22-19(16-26-20)15-23(13-17-9-5-3-6-10-17)14-18-11-7-4-8-12-18/h3-12,16H,2,13-15H2,1H3. The van der Waals surface area contributed by atoms with Crippen LogP contribution in [0.2, 0.25) is 0 Å². The molecule has 0 fully saturated rings. The Hall–Kier alpha value is -2.50. The lowest BCUT2D eigenvalue weighted by molar-refractivity contribution is 0.0525. The van der Waals surface area contributed by atoms with Crippen LogP contribution >= 0.6 is 11.3 Å². The molecule has 3 aromatic rings. The Labute approximate surface area is 158 Å². The lowest BCUT2D eigenvalue weighted by Crippen LogP contribution is -2.22. The minimum atomic E-state index is -0.346. The molecule has 0 aliphatic carbocycles. The lowest BCUT2D eigenvalue weighted by Gasteiger charge is -2.21. The molecule has 1 aromatic heterocycles. The van der Waals surface area contributed by atoms with Crippen LogP contribution in [0.25, 0.3) is 0 Å². The van der Waals surface area contributed by atoms with Gasteiger partial charge in [-0.3, -0.25) is 4.90 Å². The zero-order valence-electron chi connectivity index (χ0n) is 14.8. The van der Waals surface area contributed by atoms with Gasteiger partial charge in [-0.25, -0.2) is 9.78 Å². The van der Waals surface area contributed by atoms with E-state index in [0.29, 0.717) is 18.2 Å². The van der Waals surface area contributed by atoms with Gasteiger partial charge in [0.2, 0.25) is 5.01 Å². The van der Waals surface area contributed by atoms with Crippen LogP contribution in [0.5, 0.6) is 0 Å². The second kappa shape index (κ2) is 9.27. The van der Waals surface area contributed by atoms with Crippen LogP contribution in [-0.2, 0) is 24.4 Å². The van der Waals surface area contributed by atoms with Crippen molar-refractivity contribution in [2.45, 2.75) is 26.6 Å². The van der Waals surface area contributed by atoms with Gasteiger partial charge in [0.05, 0.1) is 12.3 Å². The van der Waals surface area contributed by atoms with E-state index in [1.54, 1.807) is 6.92 Å². The normalized spacial score (nSPS) is 10.8. The predicted molar refractivity (Wildman–Crippen MR) is 104 cm³/mol. The lowest BCUT2D eigenvalue weighted by atomic mass is 10.1. The van der Waals surface area contributed by atoms with Crippen molar-refractivity contribution in [2.24, 2.45) is 0 Å². The van der Waals surface area contributed by atoms with E-state index in [4.69, 9.17) is 4.74 Å². The Morgan fingerprint density at radius 3 is 2.08 bits per heavy atom. The molecule has 0 saturated heterocycles. The molecule has 2 aromatic carbocycles. The van der Waals surface area contributed by atoms with E-state index >= 15 is 0 Å². The van der Waals surface area contributed by atoms with E-state index < -0.39 is 0 Å². The predicted octanol–water partition coefficient (Wildman–Crippen LogP) is 4.52. The smallest absolute Gasteiger partial charge is 0.367 e. The second-order valence-corrected chi connectivity index (χ2v) is 6.84. The first-order chi connectivity index (χ1) is 12.7. The average Bonchev–Trinajstić information content (AvgIpc) is 3.12. The minimum Gasteiger partial charge on any atom is -0.461 e. The van der Waals surface area contributed by atoms with Crippen LogP contribution in [0.3, 0.4) is 0 Å². The fourth-order valence-electron chi connectivity index (χ4n) is 2.75. The van der Waals surface area contributed by atoms with Gasteiger partial charge in [0, 0.05) is 25.0 Å². The second-order valence-electron chi connectivity index (χ2n) is 5.98. The van der Waals surface area contributed by atoms with Crippen molar-refractivity contribution in [3.8, 4) is 0 Å². The molecular formula is C21H22N2O2S. The van der Waals surface area contributed by atoms with Gasteiger partial charge in [-0.1, -0.05) is 60.7 Å². The van der Waals surface area contributed by atoms with E-state index in [1.165, 1.54) is 22.5 Å². The molecule has 0 aliphatic rings. The number of carbonyl (C=O) groups excluding carboxylic acids is 1. The Kier molecular flexibility index (Phi) is 6.52. The number of hydrogen-bond donors (Lipinski definition) is 0. The summed E-state index contributed by atoms with van der Waals surface area (Å²) in [5.74, 6) is -0.346. The maximum Gasteiger partial charge on any atom is 0.367 e. The summed E-state index contributed by atoms with van der Waals surface area (Å²) in [5.41, 5.74) is 3.40. The van der Waals surface area contributed by atoms with Crippen LogP contribution in [0.1, 0.15) is 33.5 Å². The van der Waals surface area contributed by atoms with Gasteiger partial charge in [-0.05, 0) is 18.1 Å². The number of rotatable bonds is 8. The van der Waals surface area contributed by atoms with E-state index in [1.807, 2.05) is 17.5 Å². The number of esters is 1. The van der Waals surface area contributed by atoms with E-state index in [2.05, 4.69) is 58.4 Å². The molecule has 0 bridgehead atoms. The van der Waals surface area contributed by atoms with Gasteiger partial charge in [-0.15, -0.1) is 11.3 Å². The number of nitrogens with zero attached hydrogens (tertiary/aromatic N) is 2. The molecule has 0 N–H and O–H groups in total. The fourth-order valence-corrected chi connectivity index (χ4v) is 3.45. The highest BCUT2D eigenvalue weighted by atomic mass is 32.1. The maximum atomic E-state index is 11.8. The summed E-state index contributed by atoms with van der Waals surface area (Å²) < 4.78 is 5.03. The van der Waals surface area contributed by atoms with Gasteiger partial charge in [-0.2, -0.15) is 0 Å². The molecule has 4 nitrogen and oxygen atoms in total. The van der Waals surface area contributed by atoms with Crippen molar-refractivity contribution < 1.29 is 9.53 Å². The third kappa shape index (κ3) is 5.25. The largest absolute Gasteiger partial charge is 0.461 e. The molecule has 0 aliphatic heterocycles. The number of ether oxygens (including phenoxy) is 1. The number of thiazole rings is 1. The molecule has 134 valence electrons. The van der Waals surface area contributed by atoms with Crippen molar-refractivity contribution in [2.75, 3.05) is 6.61 Å². The van der Waals surface area contributed by atoms with Crippen LogP contribution < -0.4 is 0 Å². The van der Waals surface area contributed by atoms with Gasteiger partial charge < -0.3 is 4.74 Å². The van der Waals surface area contributed by atoms with Crippen molar-refractivity contribution in [3.63, 3.8) is 0 Å². The average molecular weight is 366 g/mol. The van der Waals surface area contributed by atoms with E-state index in [0.717, 1.165) is 18.8 Å². The quantitative estimate of drug-likeness (QED) is 0.550. The van der Waals surface area contributed by atoms with Crippen molar-refractivity contribution in [1.29, 1.82) is 0 Å². The van der Waals surface area contributed by atoms with Gasteiger partial charge in [0.1, 0.15) is 0 Å². The van der Waals surface area contributed by atoms with E-state index in [-0.39, 0.29) is 5.97 Å². The fraction of sp³-hybridized carbons (Fsp3) is 0.238. The summed E-state index contributed by atoms with van der Waals surface area (Å²) in [6.07, 6.45) is 0. The maximum absolute atomic E-state index is 11.8.